The summed E-state index contributed by atoms with van der Waals surface area (Å²) in [4.78, 5) is 13.0. The largest absolute Gasteiger partial charge is 0.350 e. The van der Waals surface area contributed by atoms with Gasteiger partial charge in [0.25, 0.3) is 0 Å². The Labute approximate surface area is 176 Å². The summed E-state index contributed by atoms with van der Waals surface area (Å²) in [6, 6.07) is 16.5. The molecule has 8 heteroatoms. The molecule has 0 aliphatic carbocycles. The molecule has 1 saturated heterocycles. The highest BCUT2D eigenvalue weighted by atomic mass is 32.2. The lowest BCUT2D eigenvalue weighted by Gasteiger charge is -2.30. The third-order valence-corrected chi connectivity index (χ3v) is 7.67. The Morgan fingerprint density at radius 2 is 1.63 bits per heavy atom. The second-order valence-corrected chi connectivity index (χ2v) is 9.55. The zero-order valence-corrected chi connectivity index (χ0v) is 18.0. The first-order valence-electron chi connectivity index (χ1n) is 10.2. The topological polar surface area (TPSA) is 77.2 Å². The van der Waals surface area contributed by atoms with Crippen molar-refractivity contribution in [3.05, 3.63) is 76.5 Å². The normalized spacial score (nSPS) is 16.1. The standard InChI is InChI=1S/C22H26N4O3S/c1-3-17-9-11-20(12-10-17)30(28,29)25-15-13-18(14-16-25)21-23-24(2)22(27)26(21)19-7-5-4-6-8-19/h4-12,18H,3,13-16H2,1-2H3. The van der Waals surface area contributed by atoms with E-state index in [9.17, 15) is 13.2 Å². The van der Waals surface area contributed by atoms with Crippen molar-refractivity contribution in [2.75, 3.05) is 13.1 Å². The maximum Gasteiger partial charge on any atom is 0.350 e. The van der Waals surface area contributed by atoms with E-state index in [1.54, 1.807) is 28.1 Å². The summed E-state index contributed by atoms with van der Waals surface area (Å²) in [5.41, 5.74) is 1.70. The molecule has 30 heavy (non-hydrogen) atoms. The smallest absolute Gasteiger partial charge is 0.247 e. The van der Waals surface area contributed by atoms with Gasteiger partial charge in [0.1, 0.15) is 5.82 Å². The van der Waals surface area contributed by atoms with Gasteiger partial charge in [-0.1, -0.05) is 37.3 Å². The molecule has 0 radical (unpaired) electrons. The van der Waals surface area contributed by atoms with Crippen LogP contribution in [0.15, 0.2) is 64.3 Å². The third kappa shape index (κ3) is 3.73. The number of aromatic nitrogens is 3. The molecule has 0 atom stereocenters. The zero-order chi connectivity index (χ0) is 21.3. The Morgan fingerprint density at radius 3 is 2.23 bits per heavy atom. The number of nitrogens with zero attached hydrogens (tertiary/aromatic N) is 4. The summed E-state index contributed by atoms with van der Waals surface area (Å²) < 4.78 is 30.6. The molecule has 7 nitrogen and oxygen atoms in total. The summed E-state index contributed by atoms with van der Waals surface area (Å²) in [5.74, 6) is 0.714. The van der Waals surface area contributed by atoms with Crippen LogP contribution < -0.4 is 5.69 Å². The van der Waals surface area contributed by atoms with E-state index in [0.29, 0.717) is 36.7 Å². The summed E-state index contributed by atoms with van der Waals surface area (Å²) >= 11 is 0. The minimum Gasteiger partial charge on any atom is -0.247 e. The van der Waals surface area contributed by atoms with E-state index in [1.165, 1.54) is 4.68 Å². The van der Waals surface area contributed by atoms with Crippen LogP contribution >= 0.6 is 0 Å². The fourth-order valence-electron chi connectivity index (χ4n) is 3.97. The van der Waals surface area contributed by atoms with E-state index in [-0.39, 0.29) is 11.6 Å². The molecule has 1 fully saturated rings. The zero-order valence-electron chi connectivity index (χ0n) is 17.2. The van der Waals surface area contributed by atoms with Crippen molar-refractivity contribution < 1.29 is 8.42 Å². The Morgan fingerprint density at radius 1 is 1.00 bits per heavy atom. The number of aryl methyl sites for hydroxylation is 2. The summed E-state index contributed by atoms with van der Waals surface area (Å²) in [7, 11) is -1.88. The number of hydrogen-bond acceptors (Lipinski definition) is 4. The number of hydrogen-bond donors (Lipinski definition) is 0. The number of sulfonamides is 1. The maximum absolute atomic E-state index is 13.0. The predicted molar refractivity (Wildman–Crippen MR) is 115 cm³/mol. The SMILES string of the molecule is CCc1ccc(S(=O)(=O)N2CCC(c3nn(C)c(=O)n3-c3ccccc3)CC2)cc1. The highest BCUT2D eigenvalue weighted by Crippen LogP contribution is 2.30. The fourth-order valence-corrected chi connectivity index (χ4v) is 5.44. The van der Waals surface area contributed by atoms with Crippen LogP contribution in [0, 0.1) is 0 Å². The minimum atomic E-state index is -3.52. The van der Waals surface area contributed by atoms with Crippen LogP contribution in [0.1, 0.15) is 37.1 Å². The fraction of sp³-hybridized carbons (Fsp3) is 0.364. The van der Waals surface area contributed by atoms with Gasteiger partial charge in [0.05, 0.1) is 10.6 Å². The highest BCUT2D eigenvalue weighted by Gasteiger charge is 2.32. The summed E-state index contributed by atoms with van der Waals surface area (Å²) in [5, 5.41) is 4.47. The van der Waals surface area contributed by atoms with Gasteiger partial charge >= 0.3 is 5.69 Å². The van der Waals surface area contributed by atoms with E-state index < -0.39 is 10.0 Å². The molecule has 0 saturated carbocycles. The van der Waals surface area contributed by atoms with E-state index in [1.807, 2.05) is 49.4 Å². The molecule has 3 aromatic rings. The van der Waals surface area contributed by atoms with Crippen molar-refractivity contribution in [2.24, 2.45) is 7.05 Å². The predicted octanol–water partition coefficient (Wildman–Crippen LogP) is 2.70. The summed E-state index contributed by atoms with van der Waals surface area (Å²) in [6.07, 6.45) is 2.12. The van der Waals surface area contributed by atoms with Gasteiger partial charge in [-0.3, -0.25) is 0 Å². The molecule has 4 rings (SSSR count). The van der Waals surface area contributed by atoms with E-state index >= 15 is 0 Å². The molecule has 1 aliphatic rings. The number of benzene rings is 2. The molecule has 0 bridgehead atoms. The van der Waals surface area contributed by atoms with Crippen LogP contribution in [0.2, 0.25) is 0 Å². The highest BCUT2D eigenvalue weighted by molar-refractivity contribution is 7.89. The van der Waals surface area contributed by atoms with Gasteiger partial charge in [-0.15, -0.1) is 0 Å². The van der Waals surface area contributed by atoms with Gasteiger partial charge in [0, 0.05) is 26.1 Å². The van der Waals surface area contributed by atoms with Crippen molar-refractivity contribution >= 4 is 10.0 Å². The lowest BCUT2D eigenvalue weighted by Crippen LogP contribution is -2.38. The molecule has 2 heterocycles. The number of rotatable bonds is 5. The Kier molecular flexibility index (Phi) is 5.62. The Bertz CT molecular complexity index is 1170. The molecule has 1 aromatic heterocycles. The van der Waals surface area contributed by atoms with Gasteiger partial charge < -0.3 is 0 Å². The Hall–Kier alpha value is -2.71. The molecule has 2 aromatic carbocycles. The van der Waals surface area contributed by atoms with Gasteiger partial charge in [-0.05, 0) is 49.1 Å². The van der Waals surface area contributed by atoms with Gasteiger partial charge in [-0.25, -0.2) is 22.5 Å². The molecular weight excluding hydrogens is 400 g/mol. The van der Waals surface area contributed by atoms with Crippen molar-refractivity contribution in [3.8, 4) is 5.69 Å². The van der Waals surface area contributed by atoms with Crippen LogP contribution in [0.25, 0.3) is 5.69 Å². The average molecular weight is 427 g/mol. The quantitative estimate of drug-likeness (QED) is 0.629. The van der Waals surface area contributed by atoms with E-state index in [4.69, 9.17) is 0 Å². The molecule has 0 spiro atoms. The van der Waals surface area contributed by atoms with Crippen molar-refractivity contribution in [1.82, 2.24) is 18.7 Å². The minimum absolute atomic E-state index is 0.0213. The maximum atomic E-state index is 13.0. The van der Waals surface area contributed by atoms with Crippen molar-refractivity contribution in [3.63, 3.8) is 0 Å². The van der Waals surface area contributed by atoms with Gasteiger partial charge in [0.15, 0.2) is 0 Å². The molecule has 158 valence electrons. The van der Waals surface area contributed by atoms with Gasteiger partial charge in [-0.2, -0.15) is 9.40 Å². The molecule has 0 amide bonds. The van der Waals surface area contributed by atoms with Crippen LogP contribution in [0.3, 0.4) is 0 Å². The van der Waals surface area contributed by atoms with Crippen LogP contribution in [0.4, 0.5) is 0 Å². The molecule has 0 N–H and O–H groups in total. The number of para-hydroxylation sites is 1. The van der Waals surface area contributed by atoms with E-state index in [2.05, 4.69) is 5.10 Å². The average Bonchev–Trinajstić information content (AvgIpc) is 3.09. The molecule has 0 unspecified atom stereocenters. The first-order chi connectivity index (χ1) is 14.4. The van der Waals surface area contributed by atoms with Crippen LogP contribution in [-0.4, -0.2) is 40.2 Å². The summed E-state index contributed by atoms with van der Waals surface area (Å²) in [6.45, 7) is 2.85. The second-order valence-electron chi connectivity index (χ2n) is 7.61. The monoisotopic (exact) mass is 426 g/mol. The lowest BCUT2D eigenvalue weighted by atomic mass is 9.97. The lowest BCUT2D eigenvalue weighted by molar-refractivity contribution is 0.311. The Balaban J connectivity index is 1.55. The number of piperidine rings is 1. The molecular formula is C22H26N4O3S. The van der Waals surface area contributed by atoms with Crippen LogP contribution in [0.5, 0.6) is 0 Å². The third-order valence-electron chi connectivity index (χ3n) is 5.75. The van der Waals surface area contributed by atoms with Crippen LogP contribution in [-0.2, 0) is 23.5 Å². The first-order valence-corrected chi connectivity index (χ1v) is 11.7. The second kappa shape index (κ2) is 8.20. The van der Waals surface area contributed by atoms with Gasteiger partial charge in [0.2, 0.25) is 10.0 Å². The van der Waals surface area contributed by atoms with Crippen molar-refractivity contribution in [1.29, 1.82) is 0 Å². The molecule has 1 aliphatic heterocycles. The first kappa shape index (κ1) is 20.6. The van der Waals surface area contributed by atoms with Crippen molar-refractivity contribution in [2.45, 2.75) is 37.0 Å². The van der Waals surface area contributed by atoms with E-state index in [0.717, 1.165) is 17.7 Å².